The summed E-state index contributed by atoms with van der Waals surface area (Å²) >= 11 is 0. The van der Waals surface area contributed by atoms with Crippen molar-refractivity contribution in [3.05, 3.63) is 12.0 Å². The SMILES string of the molecule is CN(CC1(N2CCCCC2)CCCCC1)c1nc(C(=O)O)co1. The van der Waals surface area contributed by atoms with Crippen molar-refractivity contribution in [2.45, 2.75) is 56.9 Å². The van der Waals surface area contributed by atoms with E-state index in [1.807, 2.05) is 11.9 Å². The average Bonchev–Trinajstić information content (AvgIpc) is 3.07. The third-order valence-electron chi connectivity index (χ3n) is 5.38. The van der Waals surface area contributed by atoms with Crippen molar-refractivity contribution in [1.82, 2.24) is 9.88 Å². The lowest BCUT2D eigenvalue weighted by atomic mass is 9.79. The van der Waals surface area contributed by atoms with E-state index < -0.39 is 5.97 Å². The van der Waals surface area contributed by atoms with Crippen LogP contribution in [0.5, 0.6) is 0 Å². The maximum atomic E-state index is 11.0. The average molecular weight is 321 g/mol. The largest absolute Gasteiger partial charge is 0.476 e. The van der Waals surface area contributed by atoms with Crippen LogP contribution >= 0.6 is 0 Å². The molecule has 128 valence electrons. The lowest BCUT2D eigenvalue weighted by Gasteiger charge is -2.49. The molecule has 1 saturated heterocycles. The van der Waals surface area contributed by atoms with E-state index in [1.165, 1.54) is 70.7 Å². The van der Waals surface area contributed by atoms with Crippen molar-refractivity contribution < 1.29 is 14.3 Å². The molecule has 6 heteroatoms. The molecule has 1 saturated carbocycles. The summed E-state index contributed by atoms with van der Waals surface area (Å²) in [6.07, 6.45) is 11.4. The summed E-state index contributed by atoms with van der Waals surface area (Å²) in [6, 6.07) is 0.407. The second kappa shape index (κ2) is 6.91. The van der Waals surface area contributed by atoms with E-state index >= 15 is 0 Å². The van der Waals surface area contributed by atoms with E-state index in [0.29, 0.717) is 6.01 Å². The van der Waals surface area contributed by atoms with Gasteiger partial charge in [-0.3, -0.25) is 4.90 Å². The highest BCUT2D eigenvalue weighted by molar-refractivity contribution is 5.85. The van der Waals surface area contributed by atoms with Crippen LogP contribution in [0.1, 0.15) is 61.9 Å². The van der Waals surface area contributed by atoms with E-state index in [2.05, 4.69) is 9.88 Å². The second-order valence-electron chi connectivity index (χ2n) is 7.01. The van der Waals surface area contributed by atoms with Crippen LogP contribution in [0.2, 0.25) is 0 Å². The van der Waals surface area contributed by atoms with Gasteiger partial charge in [-0.15, -0.1) is 0 Å². The number of anilines is 1. The van der Waals surface area contributed by atoms with Crippen molar-refractivity contribution in [2.24, 2.45) is 0 Å². The number of carboxylic acids is 1. The normalized spacial score (nSPS) is 22.0. The summed E-state index contributed by atoms with van der Waals surface area (Å²) in [5.74, 6) is -1.04. The molecule has 1 aromatic heterocycles. The van der Waals surface area contributed by atoms with Gasteiger partial charge in [0.25, 0.3) is 6.01 Å². The van der Waals surface area contributed by atoms with Gasteiger partial charge in [-0.2, -0.15) is 4.98 Å². The Morgan fingerprint density at radius 3 is 2.52 bits per heavy atom. The van der Waals surface area contributed by atoms with Gasteiger partial charge in [-0.25, -0.2) is 4.79 Å². The molecule has 1 N–H and O–H groups in total. The lowest BCUT2D eigenvalue weighted by Crippen LogP contribution is -2.57. The summed E-state index contributed by atoms with van der Waals surface area (Å²) < 4.78 is 5.38. The number of aromatic nitrogens is 1. The van der Waals surface area contributed by atoms with E-state index in [0.717, 1.165) is 6.54 Å². The fourth-order valence-electron chi connectivity index (χ4n) is 4.20. The highest BCUT2D eigenvalue weighted by Crippen LogP contribution is 2.36. The molecule has 2 fully saturated rings. The highest BCUT2D eigenvalue weighted by Gasteiger charge is 2.39. The molecule has 1 aliphatic heterocycles. The van der Waals surface area contributed by atoms with Gasteiger partial charge in [0, 0.05) is 19.1 Å². The molecule has 2 aliphatic rings. The minimum Gasteiger partial charge on any atom is -0.476 e. The minimum absolute atomic E-state index is 0.0254. The number of likely N-dealkylation sites (tertiary alicyclic amines) is 1. The van der Waals surface area contributed by atoms with Crippen LogP contribution in [-0.2, 0) is 0 Å². The van der Waals surface area contributed by atoms with Crippen molar-refractivity contribution >= 4 is 12.0 Å². The standard InChI is InChI=1S/C17H27N3O3/c1-19(16-18-14(12-23-16)15(21)22)13-17(8-4-2-5-9-17)20-10-6-3-7-11-20/h12H,2-11,13H2,1H3,(H,21,22). The number of piperidine rings is 1. The van der Waals surface area contributed by atoms with Crippen LogP contribution in [0.4, 0.5) is 6.01 Å². The molecule has 23 heavy (non-hydrogen) atoms. The summed E-state index contributed by atoms with van der Waals surface area (Å²) in [6.45, 7) is 3.21. The van der Waals surface area contributed by atoms with Crippen LogP contribution in [0.15, 0.2) is 10.7 Å². The molecule has 0 amide bonds. The Morgan fingerprint density at radius 1 is 1.26 bits per heavy atom. The van der Waals surface area contributed by atoms with Gasteiger partial charge in [0.2, 0.25) is 0 Å². The van der Waals surface area contributed by atoms with Crippen LogP contribution in [0.25, 0.3) is 0 Å². The van der Waals surface area contributed by atoms with Crippen LogP contribution in [0, 0.1) is 0 Å². The van der Waals surface area contributed by atoms with E-state index in [1.54, 1.807) is 0 Å². The van der Waals surface area contributed by atoms with E-state index in [4.69, 9.17) is 9.52 Å². The molecule has 1 aliphatic carbocycles. The van der Waals surface area contributed by atoms with E-state index in [9.17, 15) is 4.79 Å². The Hall–Kier alpha value is -1.56. The van der Waals surface area contributed by atoms with Crippen molar-refractivity contribution in [3.8, 4) is 0 Å². The fourth-order valence-corrected chi connectivity index (χ4v) is 4.20. The van der Waals surface area contributed by atoms with Crippen molar-refractivity contribution in [3.63, 3.8) is 0 Å². The number of aromatic carboxylic acids is 1. The summed E-state index contributed by atoms with van der Waals surface area (Å²) in [4.78, 5) is 19.7. The summed E-state index contributed by atoms with van der Waals surface area (Å²) in [7, 11) is 1.96. The third kappa shape index (κ3) is 3.52. The van der Waals surface area contributed by atoms with Crippen LogP contribution in [0.3, 0.4) is 0 Å². The Kier molecular flexibility index (Phi) is 4.90. The molecule has 2 heterocycles. The molecule has 0 aromatic carbocycles. The molecular weight excluding hydrogens is 294 g/mol. The number of oxazole rings is 1. The smallest absolute Gasteiger partial charge is 0.357 e. The second-order valence-corrected chi connectivity index (χ2v) is 7.01. The van der Waals surface area contributed by atoms with Gasteiger partial charge in [-0.1, -0.05) is 25.7 Å². The predicted octanol–water partition coefficient (Wildman–Crippen LogP) is 3.00. The Morgan fingerprint density at radius 2 is 1.91 bits per heavy atom. The van der Waals surface area contributed by atoms with Gasteiger partial charge in [0.1, 0.15) is 6.26 Å². The third-order valence-corrected chi connectivity index (χ3v) is 5.38. The first kappa shape index (κ1) is 16.3. The van der Waals surface area contributed by atoms with Gasteiger partial charge in [-0.05, 0) is 38.8 Å². The Bertz CT molecular complexity index is 531. The van der Waals surface area contributed by atoms with Gasteiger partial charge < -0.3 is 14.4 Å². The zero-order valence-electron chi connectivity index (χ0n) is 14.0. The number of hydrogen-bond donors (Lipinski definition) is 1. The Balaban J connectivity index is 1.75. The molecule has 0 unspecified atom stereocenters. The number of nitrogens with zero attached hydrogens (tertiary/aromatic N) is 3. The fraction of sp³-hybridized carbons (Fsp3) is 0.765. The molecule has 0 atom stereocenters. The topological polar surface area (TPSA) is 69.8 Å². The minimum atomic E-state index is -1.04. The molecule has 6 nitrogen and oxygen atoms in total. The molecule has 1 aromatic rings. The maximum Gasteiger partial charge on any atom is 0.357 e. The summed E-state index contributed by atoms with van der Waals surface area (Å²) in [5, 5.41) is 9.01. The van der Waals surface area contributed by atoms with Crippen LogP contribution < -0.4 is 4.90 Å². The van der Waals surface area contributed by atoms with Crippen molar-refractivity contribution in [1.29, 1.82) is 0 Å². The number of rotatable bonds is 5. The zero-order valence-corrected chi connectivity index (χ0v) is 14.0. The predicted molar refractivity (Wildman–Crippen MR) is 88.0 cm³/mol. The lowest BCUT2D eigenvalue weighted by molar-refractivity contribution is 0.0389. The number of hydrogen-bond acceptors (Lipinski definition) is 5. The molecule has 0 bridgehead atoms. The van der Waals surface area contributed by atoms with Crippen LogP contribution in [-0.4, -0.2) is 53.2 Å². The Labute approximate surface area is 137 Å². The number of carbonyl (C=O) groups is 1. The molecule has 0 spiro atoms. The summed E-state index contributed by atoms with van der Waals surface area (Å²) in [5.41, 5.74) is 0.160. The van der Waals surface area contributed by atoms with Crippen molar-refractivity contribution in [2.75, 3.05) is 31.6 Å². The molecule has 0 radical (unpaired) electrons. The number of likely N-dealkylation sites (N-methyl/N-ethyl adjacent to an activating group) is 1. The molecular formula is C17H27N3O3. The van der Waals surface area contributed by atoms with Gasteiger partial charge in [0.05, 0.1) is 0 Å². The quantitative estimate of drug-likeness (QED) is 0.899. The maximum absolute atomic E-state index is 11.0. The first-order chi connectivity index (χ1) is 11.1. The first-order valence-electron chi connectivity index (χ1n) is 8.76. The van der Waals surface area contributed by atoms with E-state index in [-0.39, 0.29) is 11.2 Å². The van der Waals surface area contributed by atoms with Gasteiger partial charge in [0.15, 0.2) is 5.69 Å². The number of carboxylic acid groups (broad SMARTS) is 1. The van der Waals surface area contributed by atoms with Gasteiger partial charge >= 0.3 is 5.97 Å². The zero-order chi connectivity index (χ0) is 16.3. The highest BCUT2D eigenvalue weighted by atomic mass is 16.4. The molecule has 3 rings (SSSR count). The monoisotopic (exact) mass is 321 g/mol. The first-order valence-corrected chi connectivity index (χ1v) is 8.76.